The van der Waals surface area contributed by atoms with E-state index in [0.29, 0.717) is 0 Å². The molecule has 2 rings (SSSR count). The second-order valence-corrected chi connectivity index (χ2v) is 8.18. The molecule has 0 fully saturated rings. The van der Waals surface area contributed by atoms with Gasteiger partial charge in [0.05, 0.1) is 17.6 Å². The number of amides is 1. The summed E-state index contributed by atoms with van der Waals surface area (Å²) in [6.07, 6.45) is -0.579. The fourth-order valence-corrected chi connectivity index (χ4v) is 3.34. The Hall–Kier alpha value is -2.37. The topological polar surface area (TPSA) is 87.0 Å². The molecule has 27 heavy (non-hydrogen) atoms. The molecule has 2 atom stereocenters. The summed E-state index contributed by atoms with van der Waals surface area (Å²) >= 11 is 7.37. The number of halogens is 2. The number of pyridine rings is 1. The van der Waals surface area contributed by atoms with E-state index in [9.17, 15) is 9.18 Å². The molecule has 144 valence electrons. The second-order valence-electron chi connectivity index (χ2n) is 6.84. The van der Waals surface area contributed by atoms with Crippen LogP contribution in [0.2, 0.25) is 5.15 Å². The molecule has 2 aromatic rings. The molecule has 0 radical (unpaired) electrons. The summed E-state index contributed by atoms with van der Waals surface area (Å²) in [5, 5.41) is 16.4. The minimum absolute atomic E-state index is 0.0488. The highest BCUT2D eigenvalue weighted by molar-refractivity contribution is 7.10. The number of aromatic nitrogens is 1. The van der Waals surface area contributed by atoms with Crippen molar-refractivity contribution in [3.63, 3.8) is 0 Å². The lowest BCUT2D eigenvalue weighted by Gasteiger charge is -2.27. The molecule has 2 N–H and O–H groups in total. The number of nitrogens with one attached hydrogen (secondary N) is 2. The van der Waals surface area contributed by atoms with Crippen LogP contribution in [0.4, 0.5) is 15.0 Å². The summed E-state index contributed by atoms with van der Waals surface area (Å²) in [6.45, 7) is 7.07. The number of thiophene rings is 1. The number of nitrogens with zero attached hydrogens (tertiary/aromatic N) is 2. The molecule has 6 nitrogen and oxygen atoms in total. The van der Waals surface area contributed by atoms with Crippen molar-refractivity contribution in [2.24, 2.45) is 0 Å². The van der Waals surface area contributed by atoms with Crippen molar-refractivity contribution in [1.29, 1.82) is 5.26 Å². The van der Waals surface area contributed by atoms with E-state index in [-0.39, 0.29) is 16.5 Å². The van der Waals surface area contributed by atoms with Gasteiger partial charge in [-0.3, -0.25) is 0 Å². The van der Waals surface area contributed by atoms with Crippen LogP contribution in [0.5, 0.6) is 0 Å². The highest BCUT2D eigenvalue weighted by atomic mass is 35.5. The van der Waals surface area contributed by atoms with Gasteiger partial charge in [-0.1, -0.05) is 17.7 Å². The van der Waals surface area contributed by atoms with E-state index in [1.54, 1.807) is 33.8 Å². The monoisotopic (exact) mass is 410 g/mol. The number of carbonyl (C=O) groups excluding carboxylic acids is 1. The van der Waals surface area contributed by atoms with Crippen LogP contribution in [0.25, 0.3) is 0 Å². The number of carbonyl (C=O) groups is 1. The predicted molar refractivity (Wildman–Crippen MR) is 103 cm³/mol. The number of anilines is 1. The van der Waals surface area contributed by atoms with Gasteiger partial charge in [0.25, 0.3) is 0 Å². The third kappa shape index (κ3) is 5.81. The van der Waals surface area contributed by atoms with Crippen LogP contribution in [0, 0.1) is 17.1 Å². The Morgan fingerprint density at radius 2 is 2.19 bits per heavy atom. The SMILES string of the molecule is C[C@H](NC(=O)OC(C)(C)C)[C@H](Nc1nc(Cl)c(C#N)cc1F)c1cccs1. The van der Waals surface area contributed by atoms with Crippen molar-refractivity contribution in [2.45, 2.75) is 45.4 Å². The van der Waals surface area contributed by atoms with Gasteiger partial charge in [-0.15, -0.1) is 11.3 Å². The smallest absolute Gasteiger partial charge is 0.407 e. The van der Waals surface area contributed by atoms with Gasteiger partial charge in [-0.2, -0.15) is 5.26 Å². The molecule has 0 aliphatic carbocycles. The van der Waals surface area contributed by atoms with Crippen LogP contribution in [-0.2, 0) is 4.74 Å². The third-order valence-corrected chi connectivity index (χ3v) is 4.68. The molecule has 0 aromatic carbocycles. The zero-order chi connectivity index (χ0) is 20.2. The van der Waals surface area contributed by atoms with E-state index in [1.807, 2.05) is 17.5 Å². The fraction of sp³-hybridized carbons (Fsp3) is 0.389. The third-order valence-electron chi connectivity index (χ3n) is 3.44. The molecule has 0 saturated heterocycles. The first-order chi connectivity index (χ1) is 12.6. The van der Waals surface area contributed by atoms with Crippen LogP contribution < -0.4 is 10.6 Å². The molecule has 0 aliphatic rings. The van der Waals surface area contributed by atoms with Gasteiger partial charge in [0.1, 0.15) is 16.8 Å². The molecule has 0 spiro atoms. The molecule has 0 unspecified atom stereocenters. The Balaban J connectivity index is 2.25. The van der Waals surface area contributed by atoms with Crippen molar-refractivity contribution in [3.8, 4) is 6.07 Å². The van der Waals surface area contributed by atoms with Crippen molar-refractivity contribution >= 4 is 34.8 Å². The largest absolute Gasteiger partial charge is 0.444 e. The Kier molecular flexibility index (Phi) is 6.63. The van der Waals surface area contributed by atoms with Crippen LogP contribution in [0.15, 0.2) is 23.6 Å². The van der Waals surface area contributed by atoms with Crippen LogP contribution in [0.1, 0.15) is 44.2 Å². The minimum atomic E-state index is -0.707. The molecule has 0 bridgehead atoms. The molecule has 0 saturated carbocycles. The lowest BCUT2D eigenvalue weighted by Crippen LogP contribution is -2.42. The Morgan fingerprint density at radius 3 is 2.74 bits per heavy atom. The molecular formula is C18H20ClFN4O2S. The second kappa shape index (κ2) is 8.55. The Labute approximate surface area is 166 Å². The average molecular weight is 411 g/mol. The summed E-state index contributed by atoms with van der Waals surface area (Å²) in [7, 11) is 0. The summed E-state index contributed by atoms with van der Waals surface area (Å²) in [5.74, 6) is -0.808. The van der Waals surface area contributed by atoms with Crippen LogP contribution in [-0.4, -0.2) is 22.7 Å². The van der Waals surface area contributed by atoms with Crippen molar-refractivity contribution < 1.29 is 13.9 Å². The standard InChI is InChI=1S/C18H20ClFN4O2S/c1-10(22-17(25)26-18(2,3)4)14(13-6-5-7-27-13)23-16-12(20)8-11(9-21)15(19)24-16/h5-8,10,14H,1-4H3,(H,22,25)(H,23,24)/t10-,14-/m0/s1. The van der Waals surface area contributed by atoms with Crippen molar-refractivity contribution in [2.75, 3.05) is 5.32 Å². The van der Waals surface area contributed by atoms with E-state index in [2.05, 4.69) is 15.6 Å². The summed E-state index contributed by atoms with van der Waals surface area (Å²) < 4.78 is 19.6. The zero-order valence-electron chi connectivity index (χ0n) is 15.3. The quantitative estimate of drug-likeness (QED) is 0.686. The zero-order valence-corrected chi connectivity index (χ0v) is 16.9. The van der Waals surface area contributed by atoms with Gasteiger partial charge < -0.3 is 15.4 Å². The first kappa shape index (κ1) is 20.9. The molecule has 2 aromatic heterocycles. The van der Waals surface area contributed by atoms with E-state index in [4.69, 9.17) is 21.6 Å². The molecule has 0 aliphatic heterocycles. The van der Waals surface area contributed by atoms with Gasteiger partial charge in [-0.05, 0) is 45.2 Å². The maximum Gasteiger partial charge on any atom is 0.407 e. The van der Waals surface area contributed by atoms with Gasteiger partial charge in [-0.25, -0.2) is 14.2 Å². The van der Waals surface area contributed by atoms with Crippen LogP contribution in [0.3, 0.4) is 0 Å². The highest BCUT2D eigenvalue weighted by Gasteiger charge is 2.26. The van der Waals surface area contributed by atoms with Crippen LogP contribution >= 0.6 is 22.9 Å². The number of alkyl carbamates (subject to hydrolysis) is 1. The first-order valence-corrected chi connectivity index (χ1v) is 9.42. The van der Waals surface area contributed by atoms with Gasteiger partial charge in [0, 0.05) is 4.88 Å². The lowest BCUT2D eigenvalue weighted by molar-refractivity contribution is 0.0503. The minimum Gasteiger partial charge on any atom is -0.444 e. The Morgan fingerprint density at radius 1 is 1.48 bits per heavy atom. The molecule has 9 heteroatoms. The van der Waals surface area contributed by atoms with Crippen molar-refractivity contribution in [3.05, 3.63) is 45.0 Å². The maximum atomic E-state index is 14.3. The normalized spacial score (nSPS) is 13.4. The van der Waals surface area contributed by atoms with Gasteiger partial charge >= 0.3 is 6.09 Å². The summed E-state index contributed by atoms with van der Waals surface area (Å²) in [5.41, 5.74) is -0.684. The molecule has 2 heterocycles. The van der Waals surface area contributed by atoms with E-state index < -0.39 is 29.6 Å². The number of nitriles is 1. The summed E-state index contributed by atoms with van der Waals surface area (Å²) in [6, 6.07) is 5.58. The van der Waals surface area contributed by atoms with Gasteiger partial charge in [0.2, 0.25) is 0 Å². The van der Waals surface area contributed by atoms with Crippen molar-refractivity contribution in [1.82, 2.24) is 10.3 Å². The molecular weight excluding hydrogens is 391 g/mol. The number of rotatable bonds is 5. The number of hydrogen-bond acceptors (Lipinski definition) is 6. The predicted octanol–water partition coefficient (Wildman–Crippen LogP) is 4.87. The molecule has 1 amide bonds. The lowest BCUT2D eigenvalue weighted by atomic mass is 10.1. The first-order valence-electron chi connectivity index (χ1n) is 8.16. The highest BCUT2D eigenvalue weighted by Crippen LogP contribution is 2.29. The fourth-order valence-electron chi connectivity index (χ4n) is 2.28. The van der Waals surface area contributed by atoms with E-state index in [1.165, 1.54) is 11.3 Å². The van der Waals surface area contributed by atoms with Gasteiger partial charge in [0.15, 0.2) is 11.6 Å². The maximum absolute atomic E-state index is 14.3. The summed E-state index contributed by atoms with van der Waals surface area (Å²) in [4.78, 5) is 16.9. The van der Waals surface area contributed by atoms with E-state index >= 15 is 0 Å². The Bertz CT molecular complexity index is 846. The number of hydrogen-bond donors (Lipinski definition) is 2. The van der Waals surface area contributed by atoms with E-state index in [0.717, 1.165) is 10.9 Å². The number of ether oxygens (including phenoxy) is 1. The average Bonchev–Trinajstić information content (AvgIpc) is 3.07.